The Kier molecular flexibility index (Phi) is 5.04. The third kappa shape index (κ3) is 3.32. The largest absolute Gasteiger partial charge is 0.497 e. The second-order valence-electron chi connectivity index (χ2n) is 4.63. The third-order valence-corrected chi connectivity index (χ3v) is 4.01. The molecule has 0 amide bonds. The first-order valence-corrected chi connectivity index (χ1v) is 7.30. The number of benzene rings is 2. The molecular formula is C16H19BrN2O. The maximum atomic E-state index is 5.94. The Balaban J connectivity index is 2.31. The van der Waals surface area contributed by atoms with Crippen molar-refractivity contribution in [3.05, 3.63) is 58.1 Å². The number of para-hydroxylation sites is 1. The topological polar surface area (TPSA) is 47.3 Å². The molecular weight excluding hydrogens is 316 g/mol. The lowest BCUT2D eigenvalue weighted by Gasteiger charge is -2.21. The molecule has 3 N–H and O–H groups in total. The van der Waals surface area contributed by atoms with Crippen LogP contribution in [0.15, 0.2) is 46.9 Å². The van der Waals surface area contributed by atoms with Crippen molar-refractivity contribution in [2.24, 2.45) is 5.73 Å². The van der Waals surface area contributed by atoms with Crippen molar-refractivity contribution in [2.45, 2.75) is 13.0 Å². The Hall–Kier alpha value is -1.52. The van der Waals surface area contributed by atoms with E-state index in [9.17, 15) is 0 Å². The van der Waals surface area contributed by atoms with Gasteiger partial charge in [-0.2, -0.15) is 0 Å². The van der Waals surface area contributed by atoms with Gasteiger partial charge in [0, 0.05) is 16.7 Å². The van der Waals surface area contributed by atoms with Gasteiger partial charge in [0.2, 0.25) is 0 Å². The molecule has 1 unspecified atom stereocenters. The zero-order valence-electron chi connectivity index (χ0n) is 11.7. The number of rotatable bonds is 5. The number of halogens is 1. The Morgan fingerprint density at radius 1 is 1.25 bits per heavy atom. The summed E-state index contributed by atoms with van der Waals surface area (Å²) in [5.41, 5.74) is 9.33. The standard InChI is InChI=1S/C16H19BrN2O/c1-11-5-3-4-6-15(11)19-16(10-18)13-9-12(20-2)7-8-14(13)17/h3-9,16,19H,10,18H2,1-2H3. The summed E-state index contributed by atoms with van der Waals surface area (Å²) >= 11 is 3.58. The highest BCUT2D eigenvalue weighted by Crippen LogP contribution is 2.30. The van der Waals surface area contributed by atoms with Crippen molar-refractivity contribution in [3.63, 3.8) is 0 Å². The van der Waals surface area contributed by atoms with E-state index in [0.29, 0.717) is 6.54 Å². The molecule has 0 aromatic heterocycles. The molecule has 2 aromatic carbocycles. The molecule has 20 heavy (non-hydrogen) atoms. The van der Waals surface area contributed by atoms with Crippen LogP contribution in [0, 0.1) is 6.92 Å². The number of nitrogens with one attached hydrogen (secondary N) is 1. The summed E-state index contributed by atoms with van der Waals surface area (Å²) in [6.45, 7) is 2.58. The Bertz CT molecular complexity index is 586. The van der Waals surface area contributed by atoms with Crippen LogP contribution in [0.25, 0.3) is 0 Å². The van der Waals surface area contributed by atoms with E-state index < -0.39 is 0 Å². The lowest BCUT2D eigenvalue weighted by Crippen LogP contribution is -2.21. The molecule has 0 radical (unpaired) electrons. The molecule has 2 rings (SSSR count). The fraction of sp³-hybridized carbons (Fsp3) is 0.250. The molecule has 2 aromatic rings. The van der Waals surface area contributed by atoms with Crippen LogP contribution >= 0.6 is 15.9 Å². The predicted molar refractivity (Wildman–Crippen MR) is 87.3 cm³/mol. The minimum absolute atomic E-state index is 0.0283. The first-order valence-electron chi connectivity index (χ1n) is 6.51. The van der Waals surface area contributed by atoms with E-state index >= 15 is 0 Å². The molecule has 0 aliphatic carbocycles. The molecule has 0 fully saturated rings. The molecule has 0 saturated carbocycles. The van der Waals surface area contributed by atoms with Gasteiger partial charge in [-0.05, 0) is 42.3 Å². The monoisotopic (exact) mass is 334 g/mol. The summed E-state index contributed by atoms with van der Waals surface area (Å²) in [7, 11) is 1.67. The fourth-order valence-electron chi connectivity index (χ4n) is 2.10. The molecule has 0 spiro atoms. The maximum absolute atomic E-state index is 5.94. The van der Waals surface area contributed by atoms with E-state index in [4.69, 9.17) is 10.5 Å². The van der Waals surface area contributed by atoms with Crippen molar-refractivity contribution < 1.29 is 4.74 Å². The van der Waals surface area contributed by atoms with Gasteiger partial charge in [0.05, 0.1) is 13.2 Å². The third-order valence-electron chi connectivity index (χ3n) is 3.29. The van der Waals surface area contributed by atoms with Crippen molar-refractivity contribution in [1.82, 2.24) is 0 Å². The number of methoxy groups -OCH3 is 1. The molecule has 0 aliphatic rings. The summed E-state index contributed by atoms with van der Waals surface area (Å²) in [5.74, 6) is 0.827. The van der Waals surface area contributed by atoms with E-state index in [1.807, 2.05) is 30.3 Å². The van der Waals surface area contributed by atoms with Crippen LogP contribution in [0.1, 0.15) is 17.2 Å². The van der Waals surface area contributed by atoms with Gasteiger partial charge in [-0.25, -0.2) is 0 Å². The molecule has 0 bridgehead atoms. The Morgan fingerprint density at radius 2 is 2.00 bits per heavy atom. The van der Waals surface area contributed by atoms with Gasteiger partial charge >= 0.3 is 0 Å². The van der Waals surface area contributed by atoms with E-state index in [1.54, 1.807) is 7.11 Å². The van der Waals surface area contributed by atoms with Gasteiger partial charge in [-0.1, -0.05) is 34.1 Å². The lowest BCUT2D eigenvalue weighted by atomic mass is 10.1. The molecule has 1 atom stereocenters. The average molecular weight is 335 g/mol. The zero-order valence-corrected chi connectivity index (χ0v) is 13.3. The van der Waals surface area contributed by atoms with Crippen LogP contribution in [-0.4, -0.2) is 13.7 Å². The van der Waals surface area contributed by atoms with Crippen molar-refractivity contribution in [2.75, 3.05) is 19.0 Å². The quantitative estimate of drug-likeness (QED) is 0.872. The summed E-state index contributed by atoms with van der Waals surface area (Å²) in [6, 6.07) is 14.1. The highest BCUT2D eigenvalue weighted by molar-refractivity contribution is 9.10. The van der Waals surface area contributed by atoms with E-state index in [-0.39, 0.29) is 6.04 Å². The highest BCUT2D eigenvalue weighted by Gasteiger charge is 2.14. The molecule has 0 saturated heterocycles. The summed E-state index contributed by atoms with van der Waals surface area (Å²) in [5, 5.41) is 3.49. The number of hydrogen-bond donors (Lipinski definition) is 2. The first-order chi connectivity index (χ1) is 9.65. The van der Waals surface area contributed by atoms with Crippen molar-refractivity contribution >= 4 is 21.6 Å². The summed E-state index contributed by atoms with van der Waals surface area (Å²) in [6.07, 6.45) is 0. The van der Waals surface area contributed by atoms with Gasteiger partial charge in [0.15, 0.2) is 0 Å². The number of aryl methyl sites for hydroxylation is 1. The van der Waals surface area contributed by atoms with Gasteiger partial charge in [0.1, 0.15) is 5.75 Å². The molecule has 0 heterocycles. The fourth-order valence-corrected chi connectivity index (χ4v) is 2.62. The number of ether oxygens (including phenoxy) is 1. The van der Waals surface area contributed by atoms with Gasteiger partial charge in [0.25, 0.3) is 0 Å². The minimum Gasteiger partial charge on any atom is -0.497 e. The summed E-state index contributed by atoms with van der Waals surface area (Å²) in [4.78, 5) is 0. The second kappa shape index (κ2) is 6.77. The van der Waals surface area contributed by atoms with Crippen molar-refractivity contribution in [1.29, 1.82) is 0 Å². The van der Waals surface area contributed by atoms with Gasteiger partial charge in [-0.15, -0.1) is 0 Å². The Labute approximate surface area is 128 Å². The van der Waals surface area contributed by atoms with Crippen molar-refractivity contribution in [3.8, 4) is 5.75 Å². The van der Waals surface area contributed by atoms with E-state index in [1.165, 1.54) is 5.56 Å². The zero-order chi connectivity index (χ0) is 14.5. The normalized spacial score (nSPS) is 12.0. The smallest absolute Gasteiger partial charge is 0.119 e. The van der Waals surface area contributed by atoms with Crippen LogP contribution in [0.3, 0.4) is 0 Å². The maximum Gasteiger partial charge on any atom is 0.119 e. The Morgan fingerprint density at radius 3 is 2.65 bits per heavy atom. The molecule has 0 aliphatic heterocycles. The molecule has 4 heteroatoms. The van der Waals surface area contributed by atoms with E-state index in [0.717, 1.165) is 21.5 Å². The van der Waals surface area contributed by atoms with Crippen LogP contribution in [0.5, 0.6) is 5.75 Å². The van der Waals surface area contributed by atoms with Crippen LogP contribution < -0.4 is 15.8 Å². The molecule has 106 valence electrons. The highest BCUT2D eigenvalue weighted by atomic mass is 79.9. The SMILES string of the molecule is COc1ccc(Br)c(C(CN)Nc2ccccc2C)c1. The number of anilines is 1. The lowest BCUT2D eigenvalue weighted by molar-refractivity contribution is 0.414. The average Bonchev–Trinajstić information content (AvgIpc) is 2.47. The number of hydrogen-bond acceptors (Lipinski definition) is 3. The second-order valence-corrected chi connectivity index (χ2v) is 5.49. The van der Waals surface area contributed by atoms with Crippen LogP contribution in [-0.2, 0) is 0 Å². The first kappa shape index (κ1) is 14.9. The number of nitrogens with two attached hydrogens (primary N) is 1. The van der Waals surface area contributed by atoms with Gasteiger partial charge in [-0.3, -0.25) is 0 Å². The van der Waals surface area contributed by atoms with Gasteiger partial charge < -0.3 is 15.8 Å². The van der Waals surface area contributed by atoms with E-state index in [2.05, 4.69) is 40.3 Å². The predicted octanol–water partition coefficient (Wildman–Crippen LogP) is 3.88. The van der Waals surface area contributed by atoms with Crippen LogP contribution in [0.4, 0.5) is 5.69 Å². The minimum atomic E-state index is 0.0283. The molecule has 3 nitrogen and oxygen atoms in total. The summed E-state index contributed by atoms with van der Waals surface area (Å²) < 4.78 is 6.31. The van der Waals surface area contributed by atoms with Crippen LogP contribution in [0.2, 0.25) is 0 Å².